The Balaban J connectivity index is 1.19. The number of hydrogen-bond donors (Lipinski definition) is 1. The molecule has 1 aromatic heterocycles. The number of ether oxygens (including phenoxy) is 2. The topological polar surface area (TPSA) is 149 Å². The van der Waals surface area contributed by atoms with Gasteiger partial charge in [-0.1, -0.05) is 24.6 Å². The van der Waals surface area contributed by atoms with Crippen LogP contribution in [-0.2, 0) is 40.4 Å². The van der Waals surface area contributed by atoms with Gasteiger partial charge in [0.25, 0.3) is 0 Å². The van der Waals surface area contributed by atoms with Crippen molar-refractivity contribution in [2.45, 2.75) is 101 Å². The standard InChI is InChI=1S/C37H45N3O8S/c1-2-26-20-37(26,36(44)39-49(45,46)28-12-13-28)21-32(41)31-18-27-22-40(31)35(43)30(24-8-6-9-24)19-33(42)47-16-5-3-4-7-23-10-11-25-14-15-38-34(48-27)29(25)17-23/h2,10-11,14-15,17,24,26-28,30-31H,1,3-9,12-13,16,18-22H2,(H,39,44)/t26-,27+,30+,31-,37+/m0/s1. The van der Waals surface area contributed by atoms with Gasteiger partial charge >= 0.3 is 5.97 Å². The van der Waals surface area contributed by atoms with Gasteiger partial charge < -0.3 is 14.4 Å². The first-order chi connectivity index (χ1) is 23.6. The van der Waals surface area contributed by atoms with E-state index >= 15 is 0 Å². The number of hydrogen-bond acceptors (Lipinski definition) is 9. The van der Waals surface area contributed by atoms with E-state index in [0.717, 1.165) is 61.3 Å². The molecule has 2 amide bonds. The number of aromatic nitrogens is 1. The number of benzene rings is 1. The number of carbonyl (C=O) groups is 4. The maximum Gasteiger partial charge on any atom is 0.306 e. The smallest absolute Gasteiger partial charge is 0.306 e. The molecule has 1 aromatic carbocycles. The summed E-state index contributed by atoms with van der Waals surface area (Å²) in [5.74, 6) is -2.28. The Morgan fingerprint density at radius 2 is 1.90 bits per heavy atom. The molecule has 2 aromatic rings. The second-order valence-corrected chi connectivity index (χ2v) is 16.7. The van der Waals surface area contributed by atoms with E-state index in [1.165, 1.54) is 0 Å². The van der Waals surface area contributed by atoms with Crippen molar-refractivity contribution in [2.24, 2.45) is 23.2 Å². The van der Waals surface area contributed by atoms with Crippen LogP contribution in [0.3, 0.4) is 0 Å². The van der Waals surface area contributed by atoms with E-state index in [4.69, 9.17) is 9.47 Å². The number of aryl methyl sites for hydroxylation is 1. The van der Waals surface area contributed by atoms with E-state index in [9.17, 15) is 27.6 Å². The quantitative estimate of drug-likeness (QED) is 0.314. The van der Waals surface area contributed by atoms with Gasteiger partial charge in [0, 0.05) is 24.4 Å². The van der Waals surface area contributed by atoms with Crippen LogP contribution in [0.5, 0.6) is 5.88 Å². The van der Waals surface area contributed by atoms with E-state index < -0.39 is 50.6 Å². The van der Waals surface area contributed by atoms with Crippen LogP contribution >= 0.6 is 0 Å². The third-order valence-electron chi connectivity index (χ3n) is 11.3. The van der Waals surface area contributed by atoms with Crippen LogP contribution in [0.25, 0.3) is 10.8 Å². The minimum absolute atomic E-state index is 0.0119. The van der Waals surface area contributed by atoms with Gasteiger partial charge in [-0.25, -0.2) is 13.4 Å². The van der Waals surface area contributed by atoms with Crippen molar-refractivity contribution in [1.29, 1.82) is 0 Å². The lowest BCUT2D eigenvalue weighted by atomic mass is 9.73. The fourth-order valence-corrected chi connectivity index (χ4v) is 9.26. The molecular weight excluding hydrogens is 646 g/mol. The molecule has 262 valence electrons. The summed E-state index contributed by atoms with van der Waals surface area (Å²) in [5.41, 5.74) is -0.109. The number of rotatable bonds is 8. The number of amides is 2. The van der Waals surface area contributed by atoms with Crippen molar-refractivity contribution < 1.29 is 37.1 Å². The molecule has 5 aliphatic rings. The highest BCUT2D eigenvalue weighted by Gasteiger charge is 2.61. The van der Waals surface area contributed by atoms with E-state index in [0.29, 0.717) is 31.7 Å². The molecule has 5 atom stereocenters. The molecule has 7 rings (SSSR count). The van der Waals surface area contributed by atoms with Crippen molar-refractivity contribution in [3.8, 4) is 5.88 Å². The van der Waals surface area contributed by atoms with E-state index in [-0.39, 0.29) is 49.3 Å². The van der Waals surface area contributed by atoms with E-state index in [1.54, 1.807) is 17.2 Å². The molecule has 12 heteroatoms. The van der Waals surface area contributed by atoms with Gasteiger partial charge in [-0.3, -0.25) is 23.9 Å². The number of nitrogens with zero attached hydrogens (tertiary/aromatic N) is 2. The van der Waals surface area contributed by atoms with Crippen molar-refractivity contribution in [3.05, 3.63) is 48.7 Å². The Morgan fingerprint density at radius 3 is 2.61 bits per heavy atom. The van der Waals surface area contributed by atoms with Crippen LogP contribution in [0.15, 0.2) is 43.1 Å². The van der Waals surface area contributed by atoms with Crippen molar-refractivity contribution in [3.63, 3.8) is 0 Å². The number of carbonyl (C=O) groups excluding carboxylic acids is 4. The van der Waals surface area contributed by atoms with Gasteiger partial charge in [0.05, 0.1) is 42.2 Å². The summed E-state index contributed by atoms with van der Waals surface area (Å²) < 4.78 is 39.7. The molecule has 0 spiro atoms. The summed E-state index contributed by atoms with van der Waals surface area (Å²) in [4.78, 5) is 61.4. The second kappa shape index (κ2) is 13.5. The molecular formula is C37H45N3O8S. The monoisotopic (exact) mass is 691 g/mol. The molecule has 0 radical (unpaired) electrons. The molecule has 1 saturated heterocycles. The highest BCUT2D eigenvalue weighted by Crippen LogP contribution is 2.57. The lowest BCUT2D eigenvalue weighted by Crippen LogP contribution is -2.48. The molecule has 49 heavy (non-hydrogen) atoms. The summed E-state index contributed by atoms with van der Waals surface area (Å²) in [6.45, 7) is 4.23. The van der Waals surface area contributed by atoms with Crippen LogP contribution in [0.4, 0.5) is 0 Å². The van der Waals surface area contributed by atoms with E-state index in [1.807, 2.05) is 12.1 Å². The normalized spacial score (nSPS) is 29.7. The van der Waals surface area contributed by atoms with Crippen molar-refractivity contribution in [1.82, 2.24) is 14.6 Å². The number of sulfonamides is 1. The zero-order valence-electron chi connectivity index (χ0n) is 27.8. The van der Waals surface area contributed by atoms with Crippen LogP contribution < -0.4 is 9.46 Å². The Labute approximate surface area is 287 Å². The number of Topliss-reactive ketones (excluding diaryl/α,β-unsaturated/α-hetero) is 1. The van der Waals surface area contributed by atoms with Crippen LogP contribution in [0, 0.1) is 23.2 Å². The third-order valence-corrected chi connectivity index (χ3v) is 13.2. The number of fused-ring (bicyclic) bond motifs is 3. The minimum Gasteiger partial charge on any atom is -0.472 e. The fourth-order valence-electron chi connectivity index (χ4n) is 7.88. The van der Waals surface area contributed by atoms with E-state index in [2.05, 4.69) is 28.4 Å². The predicted octanol–water partition coefficient (Wildman–Crippen LogP) is 4.42. The summed E-state index contributed by atoms with van der Waals surface area (Å²) in [6.07, 6.45) is 9.92. The molecule has 2 aliphatic heterocycles. The maximum absolute atomic E-state index is 14.4. The second-order valence-electron chi connectivity index (χ2n) is 14.7. The Kier molecular flexibility index (Phi) is 9.27. The summed E-state index contributed by atoms with van der Waals surface area (Å²) >= 11 is 0. The highest BCUT2D eigenvalue weighted by atomic mass is 32.2. The van der Waals surface area contributed by atoms with Crippen LogP contribution in [0.2, 0.25) is 0 Å². The maximum atomic E-state index is 14.4. The summed E-state index contributed by atoms with van der Waals surface area (Å²) in [5, 5.41) is 1.24. The SMILES string of the molecule is C=C[C@H]1C[C@]1(CC(=O)[C@@H]1C[C@@H]2CN1C(=O)[C@@H](C1CCC1)CC(=O)OCCCCCc1ccc3ccnc(c3c1)O2)C(=O)NS(=O)(=O)C1CC1. The number of cyclic esters (lactones) is 1. The zero-order valence-corrected chi connectivity index (χ0v) is 28.6. The predicted molar refractivity (Wildman–Crippen MR) is 181 cm³/mol. The number of allylic oxidation sites excluding steroid dienone is 1. The first-order valence-corrected chi connectivity index (χ1v) is 19.3. The number of nitrogens with one attached hydrogen (secondary N) is 1. The molecule has 3 heterocycles. The van der Waals surface area contributed by atoms with Gasteiger partial charge in [0.2, 0.25) is 27.7 Å². The van der Waals surface area contributed by atoms with Crippen LogP contribution in [-0.4, -0.2) is 72.4 Å². The lowest BCUT2D eigenvalue weighted by Gasteiger charge is -2.36. The third kappa shape index (κ3) is 6.98. The molecule has 1 N–H and O–H groups in total. The van der Waals surface area contributed by atoms with Gasteiger partial charge in [-0.05, 0) is 92.7 Å². The largest absolute Gasteiger partial charge is 0.472 e. The molecule has 4 fully saturated rings. The van der Waals surface area contributed by atoms with Crippen LogP contribution in [0.1, 0.15) is 82.6 Å². The number of pyridine rings is 1. The van der Waals surface area contributed by atoms with Crippen molar-refractivity contribution in [2.75, 3.05) is 13.2 Å². The fraction of sp³-hybridized carbons (Fsp3) is 0.595. The number of ketones is 1. The average molecular weight is 692 g/mol. The van der Waals surface area contributed by atoms with Gasteiger partial charge in [-0.2, -0.15) is 0 Å². The first kappa shape index (κ1) is 33.7. The molecule has 0 unspecified atom stereocenters. The molecule has 3 aliphatic carbocycles. The summed E-state index contributed by atoms with van der Waals surface area (Å²) in [6, 6.07) is 7.21. The molecule has 3 saturated carbocycles. The Hall–Kier alpha value is -3.80. The van der Waals surface area contributed by atoms with Gasteiger partial charge in [-0.15, -0.1) is 6.58 Å². The Morgan fingerprint density at radius 1 is 1.08 bits per heavy atom. The zero-order chi connectivity index (χ0) is 34.3. The minimum atomic E-state index is -3.82. The Bertz CT molecular complexity index is 1770. The lowest BCUT2D eigenvalue weighted by molar-refractivity contribution is -0.152. The first-order valence-electron chi connectivity index (χ1n) is 17.8. The highest BCUT2D eigenvalue weighted by molar-refractivity contribution is 7.90. The molecule has 4 bridgehead atoms. The van der Waals surface area contributed by atoms with Gasteiger partial charge in [0.1, 0.15) is 6.10 Å². The summed E-state index contributed by atoms with van der Waals surface area (Å²) in [7, 11) is -3.82. The van der Waals surface area contributed by atoms with Crippen molar-refractivity contribution >= 4 is 44.4 Å². The molecule has 11 nitrogen and oxygen atoms in total. The van der Waals surface area contributed by atoms with Gasteiger partial charge in [0.15, 0.2) is 5.78 Å². The number of esters is 1. The average Bonchev–Trinajstić information content (AvgIpc) is 3.98.